The fraction of sp³-hybridized carbons (Fsp3) is 0.176. The zero-order valence-electron chi connectivity index (χ0n) is 11.5. The predicted octanol–water partition coefficient (Wildman–Crippen LogP) is 3.53. The van der Waals surface area contributed by atoms with Crippen LogP contribution in [-0.2, 0) is 6.42 Å². The minimum Gasteiger partial charge on any atom is -0.361 e. The van der Waals surface area contributed by atoms with E-state index in [9.17, 15) is 0 Å². The van der Waals surface area contributed by atoms with Gasteiger partial charge >= 0.3 is 0 Å². The van der Waals surface area contributed by atoms with E-state index in [2.05, 4.69) is 39.4 Å². The van der Waals surface area contributed by atoms with Crippen molar-refractivity contribution in [2.75, 3.05) is 6.54 Å². The monoisotopic (exact) mass is 263 g/mol. The lowest BCUT2D eigenvalue weighted by Crippen LogP contribution is -1.92. The molecule has 1 aromatic carbocycles. The standard InChI is InChI=1S/C17H17N3/c1-13-5-4-6-15(20-13)12-18-10-9-14-11-19-17-8-3-2-7-16(14)17/h2-8,11-12,19H,9-10H2,1H3. The lowest BCUT2D eigenvalue weighted by molar-refractivity contribution is 0.979. The molecule has 0 amide bonds. The first-order valence-electron chi connectivity index (χ1n) is 6.81. The van der Waals surface area contributed by atoms with Crippen LogP contribution >= 0.6 is 0 Å². The molecule has 0 radical (unpaired) electrons. The van der Waals surface area contributed by atoms with E-state index in [0.717, 1.165) is 24.4 Å². The molecule has 0 atom stereocenters. The number of nitrogens with zero attached hydrogens (tertiary/aromatic N) is 2. The van der Waals surface area contributed by atoms with E-state index in [-0.39, 0.29) is 0 Å². The van der Waals surface area contributed by atoms with Crippen molar-refractivity contribution < 1.29 is 0 Å². The van der Waals surface area contributed by atoms with Crippen molar-refractivity contribution in [3.8, 4) is 0 Å². The summed E-state index contributed by atoms with van der Waals surface area (Å²) in [5, 5.41) is 1.29. The van der Waals surface area contributed by atoms with Crippen molar-refractivity contribution in [3.63, 3.8) is 0 Å². The number of aliphatic imine (C=N–C) groups is 1. The molecule has 3 rings (SSSR count). The van der Waals surface area contributed by atoms with E-state index < -0.39 is 0 Å². The summed E-state index contributed by atoms with van der Waals surface area (Å²) in [4.78, 5) is 12.2. The van der Waals surface area contributed by atoms with Crippen LogP contribution in [0.2, 0.25) is 0 Å². The van der Waals surface area contributed by atoms with Gasteiger partial charge in [-0.2, -0.15) is 0 Å². The summed E-state index contributed by atoms with van der Waals surface area (Å²) < 4.78 is 0. The molecule has 0 saturated heterocycles. The van der Waals surface area contributed by atoms with Gasteiger partial charge in [-0.15, -0.1) is 0 Å². The fourth-order valence-corrected chi connectivity index (χ4v) is 2.32. The normalized spacial score (nSPS) is 11.4. The molecule has 0 unspecified atom stereocenters. The summed E-state index contributed by atoms with van der Waals surface area (Å²) in [7, 11) is 0. The van der Waals surface area contributed by atoms with Crippen molar-refractivity contribution in [2.45, 2.75) is 13.3 Å². The fourth-order valence-electron chi connectivity index (χ4n) is 2.32. The van der Waals surface area contributed by atoms with Crippen LogP contribution in [-0.4, -0.2) is 22.7 Å². The third-order valence-corrected chi connectivity index (χ3v) is 3.32. The van der Waals surface area contributed by atoms with Crippen molar-refractivity contribution in [1.82, 2.24) is 9.97 Å². The van der Waals surface area contributed by atoms with Gasteiger partial charge in [-0.05, 0) is 37.1 Å². The van der Waals surface area contributed by atoms with Gasteiger partial charge in [0.15, 0.2) is 0 Å². The highest BCUT2D eigenvalue weighted by molar-refractivity contribution is 5.83. The third-order valence-electron chi connectivity index (χ3n) is 3.32. The summed E-state index contributed by atoms with van der Waals surface area (Å²) in [6.45, 7) is 2.76. The molecule has 2 heterocycles. The maximum atomic E-state index is 4.46. The lowest BCUT2D eigenvalue weighted by Gasteiger charge is -1.97. The van der Waals surface area contributed by atoms with Gasteiger partial charge in [0.2, 0.25) is 0 Å². The topological polar surface area (TPSA) is 41.0 Å². The quantitative estimate of drug-likeness (QED) is 0.719. The number of H-pyrrole nitrogens is 1. The SMILES string of the molecule is Cc1cccc(C=NCCc2c[nH]c3ccccc23)n1. The number of hydrogen-bond donors (Lipinski definition) is 1. The Kier molecular flexibility index (Phi) is 3.59. The first-order valence-corrected chi connectivity index (χ1v) is 6.81. The van der Waals surface area contributed by atoms with Crippen LogP contribution in [0.15, 0.2) is 53.7 Å². The first-order chi connectivity index (χ1) is 9.83. The number of pyridine rings is 1. The van der Waals surface area contributed by atoms with Gasteiger partial charge < -0.3 is 4.98 Å². The summed E-state index contributed by atoms with van der Waals surface area (Å²) in [6, 6.07) is 14.3. The van der Waals surface area contributed by atoms with Crippen LogP contribution in [0.5, 0.6) is 0 Å². The molecule has 3 nitrogen and oxygen atoms in total. The lowest BCUT2D eigenvalue weighted by atomic mass is 10.1. The van der Waals surface area contributed by atoms with E-state index in [1.165, 1.54) is 16.5 Å². The zero-order valence-corrected chi connectivity index (χ0v) is 11.5. The average Bonchev–Trinajstić information content (AvgIpc) is 2.87. The largest absolute Gasteiger partial charge is 0.361 e. The Morgan fingerprint density at radius 2 is 2.05 bits per heavy atom. The Hall–Kier alpha value is -2.42. The molecule has 0 spiro atoms. The molecule has 100 valence electrons. The second-order valence-electron chi connectivity index (χ2n) is 4.85. The molecule has 0 aliphatic heterocycles. The van der Waals surface area contributed by atoms with Gasteiger partial charge in [0.1, 0.15) is 0 Å². The van der Waals surface area contributed by atoms with E-state index >= 15 is 0 Å². The number of nitrogens with one attached hydrogen (secondary N) is 1. The highest BCUT2D eigenvalue weighted by Gasteiger charge is 2.01. The average molecular weight is 263 g/mol. The Bertz CT molecular complexity index is 741. The van der Waals surface area contributed by atoms with E-state index in [0.29, 0.717) is 0 Å². The van der Waals surface area contributed by atoms with Crippen LogP contribution in [0.3, 0.4) is 0 Å². The summed E-state index contributed by atoms with van der Waals surface area (Å²) >= 11 is 0. The van der Waals surface area contributed by atoms with E-state index in [1.807, 2.05) is 37.4 Å². The van der Waals surface area contributed by atoms with Crippen molar-refractivity contribution in [1.29, 1.82) is 0 Å². The summed E-state index contributed by atoms with van der Waals surface area (Å²) in [6.07, 6.45) is 4.86. The molecule has 0 fully saturated rings. The van der Waals surface area contributed by atoms with Gasteiger partial charge in [-0.3, -0.25) is 9.98 Å². The maximum Gasteiger partial charge on any atom is 0.0811 e. The van der Waals surface area contributed by atoms with Gasteiger partial charge in [-0.25, -0.2) is 0 Å². The van der Waals surface area contributed by atoms with Gasteiger partial charge in [0.25, 0.3) is 0 Å². The number of rotatable bonds is 4. The number of fused-ring (bicyclic) bond motifs is 1. The zero-order chi connectivity index (χ0) is 13.8. The molecule has 3 aromatic rings. The van der Waals surface area contributed by atoms with Crippen molar-refractivity contribution in [2.24, 2.45) is 4.99 Å². The second kappa shape index (κ2) is 5.70. The number of aromatic nitrogens is 2. The molecule has 0 bridgehead atoms. The van der Waals surface area contributed by atoms with Crippen LogP contribution in [0.1, 0.15) is 17.0 Å². The Labute approximate surface area is 118 Å². The highest BCUT2D eigenvalue weighted by atomic mass is 14.8. The molecule has 20 heavy (non-hydrogen) atoms. The molecule has 3 heteroatoms. The molecular weight excluding hydrogens is 246 g/mol. The molecular formula is C17H17N3. The van der Waals surface area contributed by atoms with Crippen LogP contribution in [0, 0.1) is 6.92 Å². The number of para-hydroxylation sites is 1. The second-order valence-corrected chi connectivity index (χ2v) is 4.85. The van der Waals surface area contributed by atoms with E-state index in [1.54, 1.807) is 0 Å². The van der Waals surface area contributed by atoms with E-state index in [4.69, 9.17) is 0 Å². The van der Waals surface area contributed by atoms with Crippen LogP contribution in [0.25, 0.3) is 10.9 Å². The summed E-state index contributed by atoms with van der Waals surface area (Å²) in [5.41, 5.74) is 4.44. The molecule has 0 aliphatic rings. The van der Waals surface area contributed by atoms with Crippen LogP contribution in [0.4, 0.5) is 0 Å². The first kappa shape index (κ1) is 12.6. The smallest absolute Gasteiger partial charge is 0.0811 e. The molecule has 0 saturated carbocycles. The molecule has 2 aromatic heterocycles. The van der Waals surface area contributed by atoms with Gasteiger partial charge in [0, 0.05) is 35.6 Å². The predicted molar refractivity (Wildman–Crippen MR) is 83.4 cm³/mol. The van der Waals surface area contributed by atoms with Crippen molar-refractivity contribution in [3.05, 3.63) is 65.6 Å². The Morgan fingerprint density at radius 3 is 2.95 bits per heavy atom. The van der Waals surface area contributed by atoms with Gasteiger partial charge in [-0.1, -0.05) is 24.3 Å². The highest BCUT2D eigenvalue weighted by Crippen LogP contribution is 2.17. The maximum absolute atomic E-state index is 4.46. The van der Waals surface area contributed by atoms with Crippen molar-refractivity contribution >= 4 is 17.1 Å². The molecule has 0 aliphatic carbocycles. The van der Waals surface area contributed by atoms with Gasteiger partial charge in [0.05, 0.1) is 5.69 Å². The third kappa shape index (κ3) is 2.77. The Balaban J connectivity index is 1.65. The molecule has 1 N–H and O–H groups in total. The summed E-state index contributed by atoms with van der Waals surface area (Å²) in [5.74, 6) is 0. The van der Waals surface area contributed by atoms with Crippen LogP contribution < -0.4 is 0 Å². The minimum atomic E-state index is 0.775. The minimum absolute atomic E-state index is 0.775. The number of benzene rings is 1. The Morgan fingerprint density at radius 1 is 1.15 bits per heavy atom. The number of aryl methyl sites for hydroxylation is 1. The number of aromatic amines is 1. The number of hydrogen-bond acceptors (Lipinski definition) is 2.